The third-order valence-electron chi connectivity index (χ3n) is 4.08. The first kappa shape index (κ1) is 17.0. The minimum absolute atomic E-state index is 0.149. The van der Waals surface area contributed by atoms with Crippen LogP contribution in [-0.2, 0) is 19.1 Å². The minimum Gasteiger partial charge on any atom is -0.464 e. The van der Waals surface area contributed by atoms with E-state index in [0.717, 1.165) is 11.1 Å². The van der Waals surface area contributed by atoms with Crippen LogP contribution in [0.1, 0.15) is 42.5 Å². The van der Waals surface area contributed by atoms with E-state index in [0.29, 0.717) is 18.4 Å². The number of esters is 1. The molecule has 0 aromatic heterocycles. The van der Waals surface area contributed by atoms with Crippen LogP contribution < -0.4 is 10.6 Å². The van der Waals surface area contributed by atoms with Crippen LogP contribution >= 0.6 is 0 Å². The van der Waals surface area contributed by atoms with E-state index in [1.165, 1.54) is 0 Å². The molecule has 1 saturated heterocycles. The van der Waals surface area contributed by atoms with E-state index in [4.69, 9.17) is 4.74 Å². The van der Waals surface area contributed by atoms with Gasteiger partial charge >= 0.3 is 5.97 Å². The molecule has 1 fully saturated rings. The number of hydrogen-bond donors (Lipinski definition) is 2. The number of aryl methyl sites for hydroxylation is 1. The van der Waals surface area contributed by atoms with Crippen LogP contribution in [0.25, 0.3) is 0 Å². The molecule has 1 heterocycles. The molecule has 1 aliphatic heterocycles. The Bertz CT molecular complexity index is 627. The second-order valence-electron chi connectivity index (χ2n) is 5.64. The van der Waals surface area contributed by atoms with E-state index in [1.807, 2.05) is 26.0 Å². The fraction of sp³-hybridized carbons (Fsp3) is 0.471. The van der Waals surface area contributed by atoms with E-state index in [2.05, 4.69) is 10.6 Å². The first-order valence-corrected chi connectivity index (χ1v) is 7.76. The fourth-order valence-electron chi connectivity index (χ4n) is 2.63. The Kier molecular flexibility index (Phi) is 5.36. The van der Waals surface area contributed by atoms with Gasteiger partial charge in [-0.2, -0.15) is 0 Å². The number of hydrogen-bond acceptors (Lipinski definition) is 4. The molecule has 0 radical (unpaired) electrons. The van der Waals surface area contributed by atoms with Gasteiger partial charge in [0.2, 0.25) is 11.8 Å². The largest absolute Gasteiger partial charge is 0.464 e. The highest BCUT2D eigenvalue weighted by Crippen LogP contribution is 2.22. The third-order valence-corrected chi connectivity index (χ3v) is 4.08. The molecule has 2 atom stereocenters. The first-order valence-electron chi connectivity index (χ1n) is 7.76. The van der Waals surface area contributed by atoms with Crippen LogP contribution in [0.2, 0.25) is 0 Å². The molecular weight excluding hydrogens is 296 g/mol. The number of nitrogens with one attached hydrogen (secondary N) is 2. The Labute approximate surface area is 135 Å². The summed E-state index contributed by atoms with van der Waals surface area (Å²) < 4.78 is 5.10. The predicted octanol–water partition coefficient (Wildman–Crippen LogP) is 1.30. The van der Waals surface area contributed by atoms with Gasteiger partial charge < -0.3 is 15.4 Å². The summed E-state index contributed by atoms with van der Waals surface area (Å²) in [5.41, 5.74) is 2.67. The molecule has 0 aliphatic carbocycles. The third kappa shape index (κ3) is 3.88. The van der Waals surface area contributed by atoms with Crippen molar-refractivity contribution in [1.82, 2.24) is 10.6 Å². The standard InChI is InChI=1S/C17H22N2O4/c1-4-23-17(22)15(12-7-5-6-10(2)11(12)3)19-16(21)13-8-9-14(20)18-13/h5-7,13,15H,4,8-9H2,1-3H3,(H,18,20)(H,19,21). The highest BCUT2D eigenvalue weighted by Gasteiger charge is 2.32. The van der Waals surface area contributed by atoms with E-state index in [1.54, 1.807) is 13.0 Å². The monoisotopic (exact) mass is 318 g/mol. The lowest BCUT2D eigenvalue weighted by Crippen LogP contribution is -2.45. The summed E-state index contributed by atoms with van der Waals surface area (Å²) >= 11 is 0. The zero-order chi connectivity index (χ0) is 17.0. The normalized spacial score (nSPS) is 18.2. The Morgan fingerprint density at radius 1 is 1.39 bits per heavy atom. The summed E-state index contributed by atoms with van der Waals surface area (Å²) in [7, 11) is 0. The van der Waals surface area contributed by atoms with Gasteiger partial charge in [0.15, 0.2) is 6.04 Å². The average molecular weight is 318 g/mol. The van der Waals surface area contributed by atoms with Gasteiger partial charge in [-0.05, 0) is 43.9 Å². The van der Waals surface area contributed by atoms with Crippen molar-refractivity contribution in [3.05, 3.63) is 34.9 Å². The van der Waals surface area contributed by atoms with Crippen molar-refractivity contribution in [2.45, 2.75) is 45.7 Å². The van der Waals surface area contributed by atoms with Gasteiger partial charge in [-0.15, -0.1) is 0 Å². The molecule has 0 spiro atoms. The van der Waals surface area contributed by atoms with Gasteiger partial charge in [0, 0.05) is 6.42 Å². The lowest BCUT2D eigenvalue weighted by molar-refractivity contribution is -0.147. The van der Waals surface area contributed by atoms with Gasteiger partial charge in [0.1, 0.15) is 6.04 Å². The van der Waals surface area contributed by atoms with Crippen molar-refractivity contribution >= 4 is 17.8 Å². The minimum atomic E-state index is -0.875. The van der Waals surface area contributed by atoms with Gasteiger partial charge in [0.25, 0.3) is 0 Å². The lowest BCUT2D eigenvalue weighted by Gasteiger charge is -2.22. The summed E-state index contributed by atoms with van der Waals surface area (Å²) in [5.74, 6) is -1.02. The van der Waals surface area contributed by atoms with Gasteiger partial charge in [-0.3, -0.25) is 9.59 Å². The molecule has 2 amide bonds. The number of rotatable bonds is 5. The Hall–Kier alpha value is -2.37. The first-order chi connectivity index (χ1) is 10.9. The van der Waals surface area contributed by atoms with Gasteiger partial charge in [-0.1, -0.05) is 18.2 Å². The van der Waals surface area contributed by atoms with Crippen LogP contribution in [0.4, 0.5) is 0 Å². The van der Waals surface area contributed by atoms with Crippen molar-refractivity contribution < 1.29 is 19.1 Å². The maximum absolute atomic E-state index is 12.3. The smallest absolute Gasteiger partial charge is 0.333 e. The van der Waals surface area contributed by atoms with Crippen molar-refractivity contribution in [1.29, 1.82) is 0 Å². The van der Waals surface area contributed by atoms with Crippen LogP contribution in [0.15, 0.2) is 18.2 Å². The molecule has 6 nitrogen and oxygen atoms in total. The van der Waals surface area contributed by atoms with Crippen molar-refractivity contribution in [2.24, 2.45) is 0 Å². The molecule has 1 aromatic rings. The van der Waals surface area contributed by atoms with Crippen LogP contribution in [-0.4, -0.2) is 30.4 Å². The van der Waals surface area contributed by atoms with Crippen molar-refractivity contribution in [2.75, 3.05) is 6.61 Å². The molecule has 1 aromatic carbocycles. The van der Waals surface area contributed by atoms with E-state index < -0.39 is 18.1 Å². The molecule has 2 unspecified atom stereocenters. The number of benzene rings is 1. The summed E-state index contributed by atoms with van der Waals surface area (Å²) in [6, 6.07) is 4.12. The van der Waals surface area contributed by atoms with Crippen molar-refractivity contribution in [3.8, 4) is 0 Å². The van der Waals surface area contributed by atoms with E-state index >= 15 is 0 Å². The van der Waals surface area contributed by atoms with Crippen LogP contribution in [0.5, 0.6) is 0 Å². The molecule has 23 heavy (non-hydrogen) atoms. The zero-order valence-corrected chi connectivity index (χ0v) is 13.6. The number of amides is 2. The highest BCUT2D eigenvalue weighted by molar-refractivity contribution is 5.93. The molecule has 6 heteroatoms. The molecule has 2 rings (SSSR count). The van der Waals surface area contributed by atoms with Crippen LogP contribution in [0, 0.1) is 13.8 Å². The Morgan fingerprint density at radius 3 is 2.74 bits per heavy atom. The Balaban J connectivity index is 2.24. The second-order valence-corrected chi connectivity index (χ2v) is 5.64. The molecule has 0 saturated carbocycles. The molecule has 1 aliphatic rings. The SMILES string of the molecule is CCOC(=O)C(NC(=O)C1CCC(=O)N1)c1cccc(C)c1C. The topological polar surface area (TPSA) is 84.5 Å². The predicted molar refractivity (Wildman–Crippen MR) is 84.6 cm³/mol. The van der Waals surface area contributed by atoms with E-state index in [9.17, 15) is 14.4 Å². The summed E-state index contributed by atoms with van der Waals surface area (Å²) in [6.07, 6.45) is 0.763. The quantitative estimate of drug-likeness (QED) is 0.802. The van der Waals surface area contributed by atoms with Gasteiger partial charge in [0.05, 0.1) is 6.61 Å². The van der Waals surface area contributed by atoms with Gasteiger partial charge in [-0.25, -0.2) is 4.79 Å². The maximum atomic E-state index is 12.3. The second kappa shape index (κ2) is 7.26. The molecule has 0 bridgehead atoms. The number of ether oxygens (including phenoxy) is 1. The number of carbonyl (C=O) groups is 3. The average Bonchev–Trinajstić information content (AvgIpc) is 2.95. The highest BCUT2D eigenvalue weighted by atomic mass is 16.5. The summed E-state index contributed by atoms with van der Waals surface area (Å²) in [6.45, 7) is 5.80. The van der Waals surface area contributed by atoms with Crippen LogP contribution in [0.3, 0.4) is 0 Å². The van der Waals surface area contributed by atoms with E-state index in [-0.39, 0.29) is 18.4 Å². The summed E-state index contributed by atoms with van der Waals surface area (Å²) in [5, 5.41) is 5.32. The number of carbonyl (C=O) groups excluding carboxylic acids is 3. The Morgan fingerprint density at radius 2 is 2.13 bits per heavy atom. The molecule has 2 N–H and O–H groups in total. The molecular formula is C17H22N2O4. The zero-order valence-electron chi connectivity index (χ0n) is 13.6. The van der Waals surface area contributed by atoms with Crippen molar-refractivity contribution in [3.63, 3.8) is 0 Å². The fourth-order valence-corrected chi connectivity index (χ4v) is 2.63. The maximum Gasteiger partial charge on any atom is 0.333 e. The lowest BCUT2D eigenvalue weighted by atomic mass is 9.97. The molecule has 124 valence electrons. The summed E-state index contributed by atoms with van der Waals surface area (Å²) in [4.78, 5) is 35.9.